The van der Waals surface area contributed by atoms with E-state index in [4.69, 9.17) is 11.6 Å². The molecule has 7 nitrogen and oxygen atoms in total. The number of sulfonamides is 1. The van der Waals surface area contributed by atoms with Crippen molar-refractivity contribution in [2.45, 2.75) is 17.9 Å². The number of aryl methyl sites for hydroxylation is 1. The van der Waals surface area contributed by atoms with Crippen molar-refractivity contribution in [2.75, 3.05) is 37.6 Å². The quantitative estimate of drug-likeness (QED) is 0.840. The fourth-order valence-electron chi connectivity index (χ4n) is 3.53. The Kier molecular flexibility index (Phi) is 4.88. The molecule has 0 aliphatic carbocycles. The molecule has 0 saturated carbocycles. The van der Waals surface area contributed by atoms with Crippen molar-refractivity contribution in [3.63, 3.8) is 0 Å². The van der Waals surface area contributed by atoms with Crippen LogP contribution in [0.3, 0.4) is 0 Å². The highest BCUT2D eigenvalue weighted by atomic mass is 35.5. The van der Waals surface area contributed by atoms with Gasteiger partial charge in [0.25, 0.3) is 5.91 Å². The summed E-state index contributed by atoms with van der Waals surface area (Å²) in [7, 11) is -3.62. The van der Waals surface area contributed by atoms with E-state index >= 15 is 0 Å². The Morgan fingerprint density at radius 3 is 2.41 bits per heavy atom. The van der Waals surface area contributed by atoms with E-state index in [0.29, 0.717) is 50.0 Å². The van der Waals surface area contributed by atoms with Crippen LogP contribution in [0.25, 0.3) is 0 Å². The number of fused-ring (bicyclic) bond motifs is 1. The SMILES string of the molecule is O=C1NCCCn2cc(S(=O)(=O)N3CCN(c4ccc(Cl)cc4)CC3)cc21. The van der Waals surface area contributed by atoms with Gasteiger partial charge in [-0.05, 0) is 36.8 Å². The summed E-state index contributed by atoms with van der Waals surface area (Å²) in [6, 6.07) is 9.03. The first-order valence-electron chi connectivity index (χ1n) is 8.94. The molecule has 2 aliphatic rings. The first-order chi connectivity index (χ1) is 12.9. The number of amides is 1. The molecule has 9 heteroatoms. The van der Waals surface area contributed by atoms with Crippen molar-refractivity contribution in [3.05, 3.63) is 47.2 Å². The molecule has 2 aromatic rings. The molecular formula is C18H21ClN4O3S. The maximum atomic E-state index is 13.0. The maximum absolute atomic E-state index is 13.0. The van der Waals surface area contributed by atoms with Gasteiger partial charge >= 0.3 is 0 Å². The van der Waals surface area contributed by atoms with Crippen molar-refractivity contribution < 1.29 is 13.2 Å². The topological polar surface area (TPSA) is 74.6 Å². The Balaban J connectivity index is 1.50. The number of halogens is 1. The van der Waals surface area contributed by atoms with Crippen LogP contribution in [0.15, 0.2) is 41.4 Å². The van der Waals surface area contributed by atoms with Crippen LogP contribution in [-0.4, -0.2) is 55.9 Å². The minimum absolute atomic E-state index is 0.189. The predicted molar refractivity (Wildman–Crippen MR) is 104 cm³/mol. The second-order valence-corrected chi connectivity index (χ2v) is 9.11. The number of nitrogens with zero attached hydrogens (tertiary/aromatic N) is 3. The third kappa shape index (κ3) is 3.56. The molecule has 3 heterocycles. The highest BCUT2D eigenvalue weighted by molar-refractivity contribution is 7.89. The van der Waals surface area contributed by atoms with Gasteiger partial charge in [0.15, 0.2) is 0 Å². The molecule has 1 N–H and O–H groups in total. The largest absolute Gasteiger partial charge is 0.369 e. The first kappa shape index (κ1) is 18.3. The summed E-state index contributed by atoms with van der Waals surface area (Å²) < 4.78 is 29.3. The number of aromatic nitrogens is 1. The zero-order chi connectivity index (χ0) is 19.0. The number of rotatable bonds is 3. The smallest absolute Gasteiger partial charge is 0.267 e. The molecule has 0 atom stereocenters. The lowest BCUT2D eigenvalue weighted by Gasteiger charge is -2.35. The predicted octanol–water partition coefficient (Wildman–Crippen LogP) is 1.79. The molecule has 0 radical (unpaired) electrons. The minimum Gasteiger partial charge on any atom is -0.369 e. The molecule has 4 rings (SSSR count). The van der Waals surface area contributed by atoms with Crippen molar-refractivity contribution in [1.82, 2.24) is 14.2 Å². The van der Waals surface area contributed by atoms with Crippen molar-refractivity contribution in [1.29, 1.82) is 0 Å². The molecule has 1 aromatic carbocycles. The summed E-state index contributed by atoms with van der Waals surface area (Å²) >= 11 is 5.93. The molecule has 1 amide bonds. The molecule has 2 aliphatic heterocycles. The number of carbonyl (C=O) groups excluding carboxylic acids is 1. The summed E-state index contributed by atoms with van der Waals surface area (Å²) in [6.07, 6.45) is 2.37. The van der Waals surface area contributed by atoms with E-state index in [0.717, 1.165) is 12.1 Å². The third-order valence-electron chi connectivity index (χ3n) is 5.03. The summed E-state index contributed by atoms with van der Waals surface area (Å²) in [5.41, 5.74) is 1.44. The summed E-state index contributed by atoms with van der Waals surface area (Å²) in [5, 5.41) is 3.47. The van der Waals surface area contributed by atoms with Crippen LogP contribution in [-0.2, 0) is 16.6 Å². The molecule has 27 heavy (non-hydrogen) atoms. The average molecular weight is 409 g/mol. The standard InChI is InChI=1S/C18H21ClN4O3S/c19-14-2-4-15(5-3-14)21-8-10-23(11-9-21)27(25,26)16-12-17-18(24)20-6-1-7-22(17)13-16/h2-5,12-13H,1,6-11H2,(H,20,24). The van der Waals surface area contributed by atoms with E-state index in [9.17, 15) is 13.2 Å². The van der Waals surface area contributed by atoms with E-state index in [1.54, 1.807) is 10.8 Å². The van der Waals surface area contributed by atoms with E-state index in [-0.39, 0.29) is 10.8 Å². The second-order valence-electron chi connectivity index (χ2n) is 6.73. The van der Waals surface area contributed by atoms with Crippen LogP contribution < -0.4 is 10.2 Å². The molecule has 1 saturated heterocycles. The van der Waals surface area contributed by atoms with Gasteiger partial charge in [-0.3, -0.25) is 4.79 Å². The van der Waals surface area contributed by atoms with Crippen LogP contribution in [0.2, 0.25) is 5.02 Å². The van der Waals surface area contributed by atoms with Gasteiger partial charge in [-0.1, -0.05) is 11.6 Å². The number of benzene rings is 1. The Labute approximate surface area is 163 Å². The number of hydrogen-bond donors (Lipinski definition) is 1. The highest BCUT2D eigenvalue weighted by Gasteiger charge is 2.31. The van der Waals surface area contributed by atoms with Gasteiger partial charge in [0.1, 0.15) is 10.6 Å². The highest BCUT2D eigenvalue weighted by Crippen LogP contribution is 2.24. The van der Waals surface area contributed by atoms with Crippen LogP contribution in [0, 0.1) is 0 Å². The fourth-order valence-corrected chi connectivity index (χ4v) is 5.12. The summed E-state index contributed by atoms with van der Waals surface area (Å²) in [4.78, 5) is 14.4. The molecule has 1 aromatic heterocycles. The molecule has 0 spiro atoms. The molecule has 1 fully saturated rings. The van der Waals surface area contributed by atoms with Crippen LogP contribution in [0.1, 0.15) is 16.9 Å². The second kappa shape index (κ2) is 7.18. The summed E-state index contributed by atoms with van der Waals surface area (Å²) in [5.74, 6) is -0.221. The van der Waals surface area contributed by atoms with Gasteiger partial charge in [0.05, 0.1) is 0 Å². The minimum atomic E-state index is -3.62. The lowest BCUT2D eigenvalue weighted by Crippen LogP contribution is -2.48. The number of nitrogens with one attached hydrogen (secondary N) is 1. The number of carbonyl (C=O) groups is 1. The zero-order valence-electron chi connectivity index (χ0n) is 14.8. The maximum Gasteiger partial charge on any atom is 0.267 e. The van der Waals surface area contributed by atoms with Gasteiger partial charge in [-0.15, -0.1) is 0 Å². The van der Waals surface area contributed by atoms with Crippen LogP contribution in [0.4, 0.5) is 5.69 Å². The van der Waals surface area contributed by atoms with Crippen LogP contribution >= 0.6 is 11.6 Å². The average Bonchev–Trinajstić information content (AvgIpc) is 3.04. The number of anilines is 1. The Morgan fingerprint density at radius 1 is 1.00 bits per heavy atom. The van der Waals surface area contributed by atoms with Gasteiger partial charge in [0.2, 0.25) is 10.0 Å². The van der Waals surface area contributed by atoms with E-state index < -0.39 is 10.0 Å². The Bertz CT molecular complexity index is 947. The van der Waals surface area contributed by atoms with Crippen molar-refractivity contribution in [2.24, 2.45) is 0 Å². The lowest BCUT2D eigenvalue weighted by atomic mass is 10.2. The Hall–Kier alpha value is -2.03. The fraction of sp³-hybridized carbons (Fsp3) is 0.389. The Morgan fingerprint density at radius 2 is 1.70 bits per heavy atom. The molecule has 0 bridgehead atoms. The molecule has 0 unspecified atom stereocenters. The van der Waals surface area contributed by atoms with Gasteiger partial charge in [0, 0.05) is 56.2 Å². The van der Waals surface area contributed by atoms with E-state index in [1.807, 2.05) is 24.3 Å². The van der Waals surface area contributed by atoms with Gasteiger partial charge in [-0.2, -0.15) is 4.31 Å². The van der Waals surface area contributed by atoms with Crippen LogP contribution in [0.5, 0.6) is 0 Å². The molecular weight excluding hydrogens is 388 g/mol. The normalized spacial score (nSPS) is 18.7. The van der Waals surface area contributed by atoms with E-state index in [2.05, 4.69) is 10.2 Å². The lowest BCUT2D eigenvalue weighted by molar-refractivity contribution is 0.0951. The van der Waals surface area contributed by atoms with Crippen molar-refractivity contribution >= 4 is 33.2 Å². The summed E-state index contributed by atoms with van der Waals surface area (Å²) in [6.45, 7) is 3.25. The van der Waals surface area contributed by atoms with E-state index in [1.165, 1.54) is 10.4 Å². The zero-order valence-corrected chi connectivity index (χ0v) is 16.3. The number of piperazine rings is 1. The van der Waals surface area contributed by atoms with Gasteiger partial charge in [-0.25, -0.2) is 8.42 Å². The number of hydrogen-bond acceptors (Lipinski definition) is 4. The third-order valence-corrected chi connectivity index (χ3v) is 7.15. The van der Waals surface area contributed by atoms with Crippen molar-refractivity contribution in [3.8, 4) is 0 Å². The monoisotopic (exact) mass is 408 g/mol. The van der Waals surface area contributed by atoms with Gasteiger partial charge < -0.3 is 14.8 Å². The first-order valence-corrected chi connectivity index (χ1v) is 10.8. The molecule has 144 valence electrons.